The molecule has 1 N–H and O–H groups in total. The van der Waals surface area contributed by atoms with Crippen LogP contribution in [0.2, 0.25) is 5.02 Å². The summed E-state index contributed by atoms with van der Waals surface area (Å²) in [6.45, 7) is 2.29. The smallest absolute Gasteiger partial charge is 0.265 e. The Morgan fingerprint density at radius 1 is 1.22 bits per heavy atom. The number of amides is 2. The van der Waals surface area contributed by atoms with Gasteiger partial charge in [0.15, 0.2) is 19.0 Å². The fourth-order valence-corrected chi connectivity index (χ4v) is 3.31. The van der Waals surface area contributed by atoms with Crippen molar-refractivity contribution in [2.45, 2.75) is 13.3 Å². The molecule has 1 aliphatic heterocycles. The van der Waals surface area contributed by atoms with Crippen LogP contribution in [0.15, 0.2) is 36.4 Å². The molecule has 0 atom stereocenters. The van der Waals surface area contributed by atoms with E-state index in [9.17, 15) is 14.4 Å². The first-order chi connectivity index (χ1) is 15.4. The zero-order valence-electron chi connectivity index (χ0n) is 18.0. The van der Waals surface area contributed by atoms with E-state index in [-0.39, 0.29) is 37.4 Å². The average molecular weight is 461 g/mol. The minimum Gasteiger partial charge on any atom is -0.484 e. The van der Waals surface area contributed by atoms with E-state index in [0.717, 1.165) is 5.56 Å². The molecule has 0 saturated heterocycles. The topological polar surface area (TPSA) is 94.2 Å². The number of nitrogens with zero attached hydrogens (tertiary/aromatic N) is 1. The maximum Gasteiger partial charge on any atom is 0.265 e. The molecule has 9 heteroatoms. The molecule has 0 aromatic heterocycles. The van der Waals surface area contributed by atoms with E-state index in [0.29, 0.717) is 47.3 Å². The van der Waals surface area contributed by atoms with Gasteiger partial charge in [0.2, 0.25) is 5.91 Å². The molecule has 2 amide bonds. The number of aryl methyl sites for hydroxylation is 1. The molecule has 0 radical (unpaired) electrons. The highest BCUT2D eigenvalue weighted by Gasteiger charge is 2.28. The van der Waals surface area contributed by atoms with Crippen LogP contribution in [-0.4, -0.2) is 57.6 Å². The van der Waals surface area contributed by atoms with Crippen LogP contribution in [0.5, 0.6) is 11.5 Å². The van der Waals surface area contributed by atoms with Crippen molar-refractivity contribution in [1.29, 1.82) is 0 Å². The van der Waals surface area contributed by atoms with Gasteiger partial charge < -0.3 is 19.5 Å². The third-order valence-electron chi connectivity index (χ3n) is 4.82. The molecule has 2 aromatic carbocycles. The second-order valence-electron chi connectivity index (χ2n) is 7.29. The second kappa shape index (κ2) is 11.0. The van der Waals surface area contributed by atoms with Gasteiger partial charge in [-0.1, -0.05) is 17.7 Å². The van der Waals surface area contributed by atoms with Crippen molar-refractivity contribution >= 4 is 34.9 Å². The third-order valence-corrected chi connectivity index (χ3v) is 5.13. The van der Waals surface area contributed by atoms with E-state index in [1.54, 1.807) is 31.4 Å². The number of ether oxygens (including phenoxy) is 3. The van der Waals surface area contributed by atoms with Crippen LogP contribution in [-0.2, 0) is 14.3 Å². The minimum absolute atomic E-state index is 0.171. The van der Waals surface area contributed by atoms with E-state index in [4.69, 9.17) is 25.8 Å². The van der Waals surface area contributed by atoms with Gasteiger partial charge >= 0.3 is 0 Å². The van der Waals surface area contributed by atoms with Gasteiger partial charge in [-0.25, -0.2) is 0 Å². The number of fused-ring (bicyclic) bond motifs is 1. The maximum atomic E-state index is 12.7. The predicted molar refractivity (Wildman–Crippen MR) is 120 cm³/mol. The summed E-state index contributed by atoms with van der Waals surface area (Å²) in [5.74, 6) is -0.125. The van der Waals surface area contributed by atoms with Gasteiger partial charge in [-0.2, -0.15) is 0 Å². The molecule has 0 fully saturated rings. The number of hydrogen-bond acceptors (Lipinski definition) is 6. The Kier molecular flexibility index (Phi) is 8.08. The highest BCUT2D eigenvalue weighted by Crippen LogP contribution is 2.33. The predicted octanol–water partition coefficient (Wildman–Crippen LogP) is 2.79. The van der Waals surface area contributed by atoms with E-state index in [1.165, 1.54) is 11.0 Å². The van der Waals surface area contributed by atoms with Crippen molar-refractivity contribution < 1.29 is 28.6 Å². The number of methoxy groups -OCH3 is 1. The van der Waals surface area contributed by atoms with Crippen molar-refractivity contribution in [3.63, 3.8) is 0 Å². The number of benzene rings is 2. The number of Topliss-reactive ketones (excluding diaryl/α,β-unsaturated/α-hetero) is 1. The molecular formula is C23H25ClN2O6. The number of rotatable bonds is 10. The fourth-order valence-electron chi connectivity index (χ4n) is 3.14. The van der Waals surface area contributed by atoms with E-state index < -0.39 is 0 Å². The first-order valence-corrected chi connectivity index (χ1v) is 10.5. The molecule has 32 heavy (non-hydrogen) atoms. The highest BCUT2D eigenvalue weighted by molar-refractivity contribution is 6.32. The van der Waals surface area contributed by atoms with Crippen molar-refractivity contribution in [3.8, 4) is 11.5 Å². The highest BCUT2D eigenvalue weighted by atomic mass is 35.5. The zero-order valence-corrected chi connectivity index (χ0v) is 18.7. The number of ketones is 1. The van der Waals surface area contributed by atoms with Gasteiger partial charge in [-0.15, -0.1) is 0 Å². The molecule has 2 aromatic rings. The normalized spacial score (nSPS) is 12.7. The number of hydrogen-bond donors (Lipinski definition) is 1. The van der Waals surface area contributed by atoms with Gasteiger partial charge in [0.1, 0.15) is 18.0 Å². The van der Waals surface area contributed by atoms with Gasteiger partial charge in [0.25, 0.3) is 5.91 Å². The lowest BCUT2D eigenvalue weighted by Crippen LogP contribution is -2.45. The number of halogens is 1. The summed E-state index contributed by atoms with van der Waals surface area (Å²) < 4.78 is 16.0. The van der Waals surface area contributed by atoms with Crippen LogP contribution in [0.4, 0.5) is 5.69 Å². The largest absolute Gasteiger partial charge is 0.484 e. The second-order valence-corrected chi connectivity index (χ2v) is 7.70. The lowest BCUT2D eigenvalue weighted by atomic mass is 10.1. The average Bonchev–Trinajstić information content (AvgIpc) is 2.78. The zero-order chi connectivity index (χ0) is 23.1. The molecule has 1 aliphatic rings. The Morgan fingerprint density at radius 3 is 2.81 bits per heavy atom. The molecule has 170 valence electrons. The number of carbonyl (C=O) groups excluding carboxylic acids is 3. The van der Waals surface area contributed by atoms with Crippen LogP contribution in [0.1, 0.15) is 22.3 Å². The van der Waals surface area contributed by atoms with E-state index in [2.05, 4.69) is 5.32 Å². The summed E-state index contributed by atoms with van der Waals surface area (Å²) in [5, 5.41) is 3.16. The Balaban J connectivity index is 1.70. The van der Waals surface area contributed by atoms with Crippen LogP contribution >= 0.6 is 11.6 Å². The van der Waals surface area contributed by atoms with Gasteiger partial charge in [-0.05, 0) is 49.2 Å². The maximum absolute atomic E-state index is 12.7. The van der Waals surface area contributed by atoms with Crippen molar-refractivity contribution in [3.05, 3.63) is 52.5 Å². The molecule has 0 unspecified atom stereocenters. The van der Waals surface area contributed by atoms with Crippen molar-refractivity contribution in [2.75, 3.05) is 44.9 Å². The van der Waals surface area contributed by atoms with Crippen LogP contribution in [0, 0.1) is 6.92 Å². The molecule has 8 nitrogen and oxygen atoms in total. The third kappa shape index (κ3) is 5.99. The summed E-state index contributed by atoms with van der Waals surface area (Å²) in [5.41, 5.74) is 1.65. The van der Waals surface area contributed by atoms with E-state index in [1.807, 2.05) is 13.0 Å². The number of anilines is 1. The summed E-state index contributed by atoms with van der Waals surface area (Å²) in [4.78, 5) is 38.7. The monoisotopic (exact) mass is 460 g/mol. The number of carbonyl (C=O) groups is 3. The standard InChI is InChI=1S/C23H25ClN2O6/c1-15-4-6-17(24)21(10-15)31-13-19(27)16-5-7-20-18(11-16)26(23(29)14-32-20)12-22(28)25-8-3-9-30-2/h4-7,10-11H,3,8-9,12-14H2,1-2H3,(H,25,28). The number of nitrogens with one attached hydrogen (secondary N) is 1. The Morgan fingerprint density at radius 2 is 2.03 bits per heavy atom. The summed E-state index contributed by atoms with van der Waals surface area (Å²) in [6.07, 6.45) is 0.666. The first-order valence-electron chi connectivity index (χ1n) is 10.1. The van der Waals surface area contributed by atoms with Gasteiger partial charge in [0.05, 0.1) is 10.7 Å². The van der Waals surface area contributed by atoms with Crippen LogP contribution in [0.3, 0.4) is 0 Å². The summed E-state index contributed by atoms with van der Waals surface area (Å²) in [7, 11) is 1.59. The Bertz CT molecular complexity index is 1010. The minimum atomic E-state index is -0.364. The van der Waals surface area contributed by atoms with Crippen molar-refractivity contribution in [1.82, 2.24) is 5.32 Å². The molecule has 1 heterocycles. The Hall–Kier alpha value is -3.10. The molecule has 0 bridgehead atoms. The molecule has 0 aliphatic carbocycles. The van der Waals surface area contributed by atoms with Crippen LogP contribution in [0.25, 0.3) is 0 Å². The first kappa shape index (κ1) is 23.6. The van der Waals surface area contributed by atoms with Crippen molar-refractivity contribution in [2.24, 2.45) is 0 Å². The van der Waals surface area contributed by atoms with Crippen LogP contribution < -0.4 is 19.7 Å². The van der Waals surface area contributed by atoms with E-state index >= 15 is 0 Å². The lowest BCUT2D eigenvalue weighted by molar-refractivity contribution is -0.125. The summed E-state index contributed by atoms with van der Waals surface area (Å²) in [6, 6.07) is 10.0. The Labute approximate surface area is 191 Å². The van der Waals surface area contributed by atoms with Gasteiger partial charge in [-0.3, -0.25) is 19.3 Å². The quantitative estimate of drug-likeness (QED) is 0.433. The lowest BCUT2D eigenvalue weighted by Gasteiger charge is -2.29. The molecular weight excluding hydrogens is 436 g/mol. The summed E-state index contributed by atoms with van der Waals surface area (Å²) >= 11 is 6.12. The SMILES string of the molecule is COCCCNC(=O)CN1C(=O)COc2ccc(C(=O)COc3cc(C)ccc3Cl)cc21. The van der Waals surface area contributed by atoms with Gasteiger partial charge in [0, 0.05) is 25.8 Å². The molecule has 3 rings (SSSR count). The fraction of sp³-hybridized carbons (Fsp3) is 0.348. The molecule has 0 saturated carbocycles. The molecule has 0 spiro atoms.